The van der Waals surface area contributed by atoms with E-state index in [0.29, 0.717) is 36.8 Å². The highest BCUT2D eigenvalue weighted by molar-refractivity contribution is 5.95. The first-order valence-corrected chi connectivity index (χ1v) is 9.28. The fourth-order valence-electron chi connectivity index (χ4n) is 4.52. The van der Waals surface area contributed by atoms with Crippen LogP contribution in [0, 0.1) is 5.82 Å². The lowest BCUT2D eigenvalue weighted by Gasteiger charge is -2.35. The highest BCUT2D eigenvalue weighted by atomic mass is 19.1. The van der Waals surface area contributed by atoms with Crippen molar-refractivity contribution in [3.8, 4) is 0 Å². The van der Waals surface area contributed by atoms with E-state index in [0.717, 1.165) is 0 Å². The molecule has 140 valence electrons. The summed E-state index contributed by atoms with van der Waals surface area (Å²) < 4.78 is 14.6. The van der Waals surface area contributed by atoms with E-state index in [4.69, 9.17) is 0 Å². The third kappa shape index (κ3) is 3.09. The summed E-state index contributed by atoms with van der Waals surface area (Å²) in [6.45, 7) is 1.96. The van der Waals surface area contributed by atoms with Crippen molar-refractivity contribution in [3.05, 3.63) is 65.7 Å². The van der Waals surface area contributed by atoms with Crippen molar-refractivity contribution in [1.29, 1.82) is 0 Å². The molecule has 6 heteroatoms. The van der Waals surface area contributed by atoms with Crippen LogP contribution in [0.25, 0.3) is 0 Å². The van der Waals surface area contributed by atoms with Crippen molar-refractivity contribution < 1.29 is 14.0 Å². The van der Waals surface area contributed by atoms with E-state index in [1.807, 2.05) is 6.92 Å². The molecule has 0 bridgehead atoms. The highest BCUT2D eigenvalue weighted by Gasteiger charge is 2.53. The molecule has 2 aliphatic rings. The van der Waals surface area contributed by atoms with Crippen LogP contribution in [0.1, 0.15) is 54.6 Å². The van der Waals surface area contributed by atoms with Gasteiger partial charge >= 0.3 is 0 Å². The van der Waals surface area contributed by atoms with Crippen molar-refractivity contribution in [2.75, 3.05) is 0 Å². The van der Waals surface area contributed by atoms with Gasteiger partial charge in [-0.1, -0.05) is 18.2 Å². The van der Waals surface area contributed by atoms with Crippen LogP contribution in [-0.4, -0.2) is 33.3 Å². The molecule has 5 nitrogen and oxygen atoms in total. The molecule has 3 heterocycles. The topological polar surface area (TPSA) is 62.3 Å². The first-order valence-electron chi connectivity index (χ1n) is 9.28. The van der Waals surface area contributed by atoms with Crippen LogP contribution in [0.5, 0.6) is 0 Å². The summed E-state index contributed by atoms with van der Waals surface area (Å²) in [5.74, 6) is -0.526. The quantitative estimate of drug-likeness (QED) is 0.886. The number of fused-ring (bicyclic) bond motifs is 1. The number of carbonyl (C=O) groups is 2. The highest BCUT2D eigenvalue weighted by Crippen LogP contribution is 2.46. The van der Waals surface area contributed by atoms with E-state index in [1.54, 1.807) is 41.4 Å². The van der Waals surface area contributed by atoms with Crippen LogP contribution >= 0.6 is 0 Å². The number of nitrogens with one attached hydrogen (secondary N) is 1. The number of benzene rings is 1. The summed E-state index contributed by atoms with van der Waals surface area (Å²) in [6, 6.07) is 9.36. The van der Waals surface area contributed by atoms with Crippen LogP contribution < -0.4 is 5.32 Å². The number of likely N-dealkylation sites (tertiary alicyclic amines) is 1. The normalized spacial score (nSPS) is 27.6. The number of nitrogens with zero attached hydrogens (tertiary/aromatic N) is 2. The van der Waals surface area contributed by atoms with E-state index < -0.39 is 11.6 Å². The summed E-state index contributed by atoms with van der Waals surface area (Å²) in [7, 11) is 0. The Kier molecular flexibility index (Phi) is 4.42. The molecule has 0 unspecified atom stereocenters. The van der Waals surface area contributed by atoms with Crippen molar-refractivity contribution in [1.82, 2.24) is 15.2 Å². The average molecular weight is 367 g/mol. The summed E-state index contributed by atoms with van der Waals surface area (Å²) in [5, 5.41) is 3.10. The van der Waals surface area contributed by atoms with Gasteiger partial charge in [-0.05, 0) is 44.4 Å². The molecule has 2 amide bonds. The number of halogens is 1. The minimum atomic E-state index is -0.585. The van der Waals surface area contributed by atoms with Crippen molar-refractivity contribution in [2.24, 2.45) is 0 Å². The molecule has 2 saturated heterocycles. The molecule has 2 fully saturated rings. The SMILES string of the molecule is C[C@]12C[C@@H](c3ccccc3F)N(C(=O)c3cccnc3)[C@H]1CCCC(=O)N2. The molecule has 27 heavy (non-hydrogen) atoms. The lowest BCUT2D eigenvalue weighted by Crippen LogP contribution is -2.54. The maximum atomic E-state index is 14.6. The maximum Gasteiger partial charge on any atom is 0.256 e. The molecule has 2 aromatic rings. The Balaban J connectivity index is 1.80. The van der Waals surface area contributed by atoms with Gasteiger partial charge in [-0.3, -0.25) is 14.6 Å². The summed E-state index contributed by atoms with van der Waals surface area (Å²) in [5.41, 5.74) is 0.371. The smallest absolute Gasteiger partial charge is 0.256 e. The Morgan fingerprint density at radius 2 is 2.11 bits per heavy atom. The fraction of sp³-hybridized carbons (Fsp3) is 0.381. The predicted molar refractivity (Wildman–Crippen MR) is 98.4 cm³/mol. The number of aromatic nitrogens is 1. The average Bonchev–Trinajstić information content (AvgIpc) is 2.85. The van der Waals surface area contributed by atoms with Gasteiger partial charge in [-0.25, -0.2) is 4.39 Å². The number of hydrogen-bond donors (Lipinski definition) is 1. The standard InChI is InChI=1S/C21H22FN3O2/c1-21-12-17(15-7-2-3-8-16(15)22)25(18(21)9-4-10-19(26)24-21)20(27)14-6-5-11-23-13-14/h2-3,5-8,11,13,17-18H,4,9-10,12H2,1H3,(H,24,26)/t17-,18-,21-/m0/s1. The van der Waals surface area contributed by atoms with E-state index in [-0.39, 0.29) is 23.7 Å². The Hall–Kier alpha value is -2.76. The third-order valence-electron chi connectivity index (χ3n) is 5.74. The van der Waals surface area contributed by atoms with Crippen molar-refractivity contribution in [2.45, 2.75) is 50.2 Å². The Bertz CT molecular complexity index is 873. The molecule has 0 spiro atoms. The van der Waals surface area contributed by atoms with Crippen molar-refractivity contribution in [3.63, 3.8) is 0 Å². The van der Waals surface area contributed by atoms with E-state index >= 15 is 0 Å². The second-order valence-corrected chi connectivity index (χ2v) is 7.57. The van der Waals surface area contributed by atoms with Crippen LogP contribution in [-0.2, 0) is 4.79 Å². The molecule has 0 aliphatic carbocycles. The first kappa shape index (κ1) is 17.6. The van der Waals surface area contributed by atoms with Gasteiger partial charge in [-0.15, -0.1) is 0 Å². The molecule has 1 aromatic heterocycles. The third-order valence-corrected chi connectivity index (χ3v) is 5.74. The zero-order valence-corrected chi connectivity index (χ0v) is 15.2. The van der Waals surface area contributed by atoms with Gasteiger partial charge in [0.15, 0.2) is 0 Å². The number of hydrogen-bond acceptors (Lipinski definition) is 3. The molecule has 3 atom stereocenters. The Labute approximate surface area is 157 Å². The molecule has 0 saturated carbocycles. The summed E-state index contributed by atoms with van der Waals surface area (Å²) in [4.78, 5) is 31.4. The van der Waals surface area contributed by atoms with Crippen LogP contribution in [0.4, 0.5) is 4.39 Å². The van der Waals surface area contributed by atoms with Gasteiger partial charge in [0.2, 0.25) is 5.91 Å². The largest absolute Gasteiger partial charge is 0.349 e. The summed E-state index contributed by atoms with van der Waals surface area (Å²) in [6.07, 6.45) is 5.48. The number of pyridine rings is 1. The van der Waals surface area contributed by atoms with Gasteiger partial charge < -0.3 is 10.2 Å². The molecule has 4 rings (SSSR count). The van der Waals surface area contributed by atoms with E-state index in [9.17, 15) is 14.0 Å². The fourth-order valence-corrected chi connectivity index (χ4v) is 4.52. The molecule has 2 aliphatic heterocycles. The van der Waals surface area contributed by atoms with E-state index in [1.165, 1.54) is 12.3 Å². The lowest BCUT2D eigenvalue weighted by atomic mass is 9.88. The minimum absolute atomic E-state index is 0.0111. The zero-order chi connectivity index (χ0) is 19.0. The van der Waals surface area contributed by atoms with Crippen LogP contribution in [0.15, 0.2) is 48.8 Å². The summed E-state index contributed by atoms with van der Waals surface area (Å²) >= 11 is 0. The molecular weight excluding hydrogens is 345 g/mol. The number of rotatable bonds is 2. The monoisotopic (exact) mass is 367 g/mol. The van der Waals surface area contributed by atoms with E-state index in [2.05, 4.69) is 10.3 Å². The molecular formula is C21H22FN3O2. The number of amides is 2. The molecule has 1 aromatic carbocycles. The Morgan fingerprint density at radius 3 is 2.85 bits per heavy atom. The second-order valence-electron chi connectivity index (χ2n) is 7.57. The van der Waals surface area contributed by atoms with Gasteiger partial charge in [-0.2, -0.15) is 0 Å². The second kappa shape index (κ2) is 6.76. The lowest BCUT2D eigenvalue weighted by molar-refractivity contribution is -0.122. The van der Waals surface area contributed by atoms with Crippen LogP contribution in [0.2, 0.25) is 0 Å². The van der Waals surface area contributed by atoms with Crippen LogP contribution in [0.3, 0.4) is 0 Å². The Morgan fingerprint density at radius 1 is 1.30 bits per heavy atom. The predicted octanol–water partition coefficient (Wildman–Crippen LogP) is 3.24. The van der Waals surface area contributed by atoms with Gasteiger partial charge in [0.05, 0.1) is 23.2 Å². The van der Waals surface area contributed by atoms with Gasteiger partial charge in [0.25, 0.3) is 5.91 Å². The maximum absolute atomic E-state index is 14.6. The first-order chi connectivity index (χ1) is 13.0. The minimum Gasteiger partial charge on any atom is -0.349 e. The van der Waals surface area contributed by atoms with Gasteiger partial charge in [0, 0.05) is 24.4 Å². The molecule has 1 N–H and O–H groups in total. The van der Waals surface area contributed by atoms with Crippen molar-refractivity contribution >= 4 is 11.8 Å². The molecule has 0 radical (unpaired) electrons. The number of carbonyl (C=O) groups excluding carboxylic acids is 2. The zero-order valence-electron chi connectivity index (χ0n) is 15.2. The van der Waals surface area contributed by atoms with Gasteiger partial charge in [0.1, 0.15) is 5.82 Å².